The van der Waals surface area contributed by atoms with Crippen LogP contribution < -0.4 is 10.1 Å². The molecule has 0 saturated carbocycles. The Labute approximate surface area is 147 Å². The lowest BCUT2D eigenvalue weighted by Gasteiger charge is -2.12. The van der Waals surface area contributed by atoms with E-state index in [1.165, 1.54) is 3.97 Å². The van der Waals surface area contributed by atoms with Crippen LogP contribution >= 0.6 is 0 Å². The summed E-state index contributed by atoms with van der Waals surface area (Å²) in [5.74, 6) is 0.556. The number of nitrogens with zero attached hydrogens (tertiary/aromatic N) is 1. The summed E-state index contributed by atoms with van der Waals surface area (Å²) in [6.07, 6.45) is 1.62. The van der Waals surface area contributed by atoms with E-state index >= 15 is 0 Å². The van der Waals surface area contributed by atoms with Crippen LogP contribution in [0.4, 0.5) is 0 Å². The molecule has 0 fully saturated rings. The molecular weight excluding hydrogens is 336 g/mol. The van der Waals surface area contributed by atoms with Gasteiger partial charge in [-0.1, -0.05) is 48.5 Å². The van der Waals surface area contributed by atoms with E-state index in [0.717, 1.165) is 11.1 Å². The van der Waals surface area contributed by atoms with E-state index in [9.17, 15) is 8.42 Å². The molecule has 0 bridgehead atoms. The molecule has 6 heteroatoms. The van der Waals surface area contributed by atoms with Crippen LogP contribution in [0.2, 0.25) is 0 Å². The average molecular weight is 356 g/mol. The molecule has 1 N–H and O–H groups in total. The lowest BCUT2D eigenvalue weighted by Crippen LogP contribution is -2.13. The van der Waals surface area contributed by atoms with Crippen LogP contribution in [0.15, 0.2) is 71.8 Å². The zero-order chi connectivity index (χ0) is 17.9. The van der Waals surface area contributed by atoms with E-state index in [0.29, 0.717) is 18.0 Å². The summed E-state index contributed by atoms with van der Waals surface area (Å²) in [5, 5.41) is 3.05. The molecule has 3 aromatic rings. The molecule has 0 aliphatic carbocycles. The lowest BCUT2D eigenvalue weighted by molar-refractivity contribution is 0.411. The van der Waals surface area contributed by atoms with Gasteiger partial charge in [0.1, 0.15) is 11.4 Å². The minimum Gasteiger partial charge on any atom is -0.494 e. The van der Waals surface area contributed by atoms with Gasteiger partial charge >= 0.3 is 0 Å². The molecule has 1 aromatic heterocycles. The third-order valence-corrected chi connectivity index (χ3v) is 5.59. The quantitative estimate of drug-likeness (QED) is 0.737. The summed E-state index contributed by atoms with van der Waals surface area (Å²) in [5.41, 5.74) is 2.08. The highest BCUT2D eigenvalue weighted by Crippen LogP contribution is 2.37. The zero-order valence-electron chi connectivity index (χ0n) is 14.1. The Bertz CT molecular complexity index is 949. The predicted molar refractivity (Wildman–Crippen MR) is 98.2 cm³/mol. The molecule has 5 nitrogen and oxygen atoms in total. The van der Waals surface area contributed by atoms with Gasteiger partial charge in [-0.15, -0.1) is 0 Å². The van der Waals surface area contributed by atoms with E-state index < -0.39 is 10.0 Å². The lowest BCUT2D eigenvalue weighted by atomic mass is 10.1. The van der Waals surface area contributed by atoms with Crippen LogP contribution in [0.25, 0.3) is 11.3 Å². The second-order valence-corrected chi connectivity index (χ2v) is 7.36. The maximum atomic E-state index is 13.2. The van der Waals surface area contributed by atoms with E-state index in [-0.39, 0.29) is 4.90 Å². The molecule has 0 unspecified atom stereocenters. The van der Waals surface area contributed by atoms with Crippen LogP contribution in [0.3, 0.4) is 0 Å². The van der Waals surface area contributed by atoms with Gasteiger partial charge in [0.25, 0.3) is 10.0 Å². The van der Waals surface area contributed by atoms with Gasteiger partial charge in [0.15, 0.2) is 0 Å². The number of hydrogen-bond donors (Lipinski definition) is 1. The van der Waals surface area contributed by atoms with E-state index in [1.54, 1.807) is 43.6 Å². The molecule has 2 aromatic carbocycles. The monoisotopic (exact) mass is 356 g/mol. The third kappa shape index (κ3) is 3.18. The van der Waals surface area contributed by atoms with E-state index in [4.69, 9.17) is 4.74 Å². The summed E-state index contributed by atoms with van der Waals surface area (Å²) in [6, 6.07) is 17.8. The highest BCUT2D eigenvalue weighted by molar-refractivity contribution is 7.90. The molecule has 1 heterocycles. The molecular formula is C19H20N2O3S. The number of benzene rings is 2. The van der Waals surface area contributed by atoms with Crippen molar-refractivity contribution in [2.24, 2.45) is 0 Å². The van der Waals surface area contributed by atoms with Gasteiger partial charge in [-0.25, -0.2) is 12.4 Å². The summed E-state index contributed by atoms with van der Waals surface area (Å²) in [4.78, 5) is 0.237. The van der Waals surface area contributed by atoms with Crippen molar-refractivity contribution in [1.82, 2.24) is 9.29 Å². The highest BCUT2D eigenvalue weighted by atomic mass is 32.2. The van der Waals surface area contributed by atoms with Crippen LogP contribution in [-0.2, 0) is 16.6 Å². The number of nitrogens with one attached hydrogen (secondary N) is 1. The second-order valence-electron chi connectivity index (χ2n) is 5.55. The SMILES string of the molecule is CNCc1cn(S(=O)(=O)c2ccccc2)c(-c2ccccc2)c1OC. The average Bonchev–Trinajstić information content (AvgIpc) is 3.02. The minimum atomic E-state index is -3.74. The van der Waals surface area contributed by atoms with Crippen molar-refractivity contribution in [2.45, 2.75) is 11.4 Å². The Hall–Kier alpha value is -2.57. The van der Waals surface area contributed by atoms with Crippen LogP contribution in [0.5, 0.6) is 5.75 Å². The molecule has 0 saturated heterocycles. The van der Waals surface area contributed by atoms with Gasteiger partial charge in [-0.2, -0.15) is 0 Å². The Morgan fingerprint density at radius 2 is 1.60 bits per heavy atom. The standard InChI is InChI=1S/C19H20N2O3S/c1-20-13-16-14-21(25(22,23)17-11-7-4-8-12-17)18(19(16)24-2)15-9-5-3-6-10-15/h3-12,14,20H,13H2,1-2H3. The minimum absolute atomic E-state index is 0.237. The number of methoxy groups -OCH3 is 1. The predicted octanol–water partition coefficient (Wildman–Crippen LogP) is 3.12. The molecule has 0 radical (unpaired) electrons. The number of aromatic nitrogens is 1. The van der Waals surface area contributed by atoms with E-state index in [1.807, 2.05) is 37.4 Å². The zero-order valence-corrected chi connectivity index (χ0v) is 15.0. The van der Waals surface area contributed by atoms with Gasteiger partial charge in [0, 0.05) is 23.9 Å². The van der Waals surface area contributed by atoms with E-state index in [2.05, 4.69) is 5.32 Å². The number of ether oxygens (including phenoxy) is 1. The first-order valence-corrected chi connectivity index (χ1v) is 9.32. The van der Waals surface area contributed by atoms with Crippen molar-refractivity contribution in [3.63, 3.8) is 0 Å². The number of rotatable bonds is 6. The van der Waals surface area contributed by atoms with Crippen molar-refractivity contribution in [1.29, 1.82) is 0 Å². The summed E-state index contributed by atoms with van der Waals surface area (Å²) in [6.45, 7) is 0.500. The summed E-state index contributed by atoms with van der Waals surface area (Å²) in [7, 11) is -0.373. The second kappa shape index (κ2) is 7.13. The first-order chi connectivity index (χ1) is 12.1. The topological polar surface area (TPSA) is 60.3 Å². The Kier molecular flexibility index (Phi) is 4.92. The van der Waals surface area contributed by atoms with Crippen molar-refractivity contribution in [3.05, 3.63) is 72.4 Å². The fourth-order valence-corrected chi connectivity index (χ4v) is 4.23. The molecule has 0 aliphatic rings. The van der Waals surface area contributed by atoms with Gasteiger partial charge < -0.3 is 10.1 Å². The molecule has 0 amide bonds. The summed E-state index contributed by atoms with van der Waals surface area (Å²) < 4.78 is 33.3. The van der Waals surface area contributed by atoms with Crippen molar-refractivity contribution >= 4 is 10.0 Å². The molecule has 0 atom stereocenters. The molecule has 25 heavy (non-hydrogen) atoms. The highest BCUT2D eigenvalue weighted by Gasteiger charge is 2.26. The Morgan fingerprint density at radius 1 is 1.00 bits per heavy atom. The smallest absolute Gasteiger partial charge is 0.268 e. The molecule has 3 rings (SSSR count). The largest absolute Gasteiger partial charge is 0.494 e. The summed E-state index contributed by atoms with van der Waals surface area (Å²) >= 11 is 0. The fraction of sp³-hybridized carbons (Fsp3) is 0.158. The first-order valence-electron chi connectivity index (χ1n) is 7.88. The van der Waals surface area contributed by atoms with Crippen molar-refractivity contribution in [2.75, 3.05) is 14.2 Å². The van der Waals surface area contributed by atoms with Crippen LogP contribution in [-0.4, -0.2) is 26.5 Å². The Morgan fingerprint density at radius 3 is 2.16 bits per heavy atom. The van der Waals surface area contributed by atoms with Crippen molar-refractivity contribution in [3.8, 4) is 17.0 Å². The normalized spacial score (nSPS) is 11.4. The van der Waals surface area contributed by atoms with Crippen LogP contribution in [0, 0.1) is 0 Å². The Balaban J connectivity index is 2.29. The van der Waals surface area contributed by atoms with Gasteiger partial charge in [-0.3, -0.25) is 0 Å². The number of hydrogen-bond acceptors (Lipinski definition) is 4. The van der Waals surface area contributed by atoms with Gasteiger partial charge in [-0.05, 0) is 19.2 Å². The molecule has 0 spiro atoms. The molecule has 130 valence electrons. The maximum Gasteiger partial charge on any atom is 0.268 e. The first kappa shape index (κ1) is 17.3. The molecule has 0 aliphatic heterocycles. The maximum absolute atomic E-state index is 13.2. The van der Waals surface area contributed by atoms with Gasteiger partial charge in [0.2, 0.25) is 0 Å². The fourth-order valence-electron chi connectivity index (χ4n) is 2.81. The third-order valence-electron chi connectivity index (χ3n) is 3.92. The van der Waals surface area contributed by atoms with Crippen LogP contribution in [0.1, 0.15) is 5.56 Å². The van der Waals surface area contributed by atoms with Gasteiger partial charge in [0.05, 0.1) is 12.0 Å². The van der Waals surface area contributed by atoms with Crippen molar-refractivity contribution < 1.29 is 13.2 Å².